The molecule has 1 aliphatic heterocycles. The zero-order chi connectivity index (χ0) is 11.9. The second-order valence-electron chi connectivity index (χ2n) is 4.16. The van der Waals surface area contributed by atoms with Gasteiger partial charge in [0.15, 0.2) is 0 Å². The fourth-order valence-corrected chi connectivity index (χ4v) is 2.55. The molecule has 1 unspecified atom stereocenters. The van der Waals surface area contributed by atoms with Crippen LogP contribution >= 0.6 is 11.3 Å². The minimum atomic E-state index is 0.301. The van der Waals surface area contributed by atoms with Crippen LogP contribution in [-0.2, 0) is 22.6 Å². The molecule has 1 fully saturated rings. The highest BCUT2D eigenvalue weighted by Gasteiger charge is 2.15. The van der Waals surface area contributed by atoms with Crippen LogP contribution < -0.4 is 5.32 Å². The Hall–Kier alpha value is -0.490. The van der Waals surface area contributed by atoms with Crippen LogP contribution in [0.5, 0.6) is 0 Å². The highest BCUT2D eigenvalue weighted by Crippen LogP contribution is 2.14. The maximum Gasteiger partial charge on any atom is 0.107 e. The van der Waals surface area contributed by atoms with E-state index in [2.05, 4.69) is 22.6 Å². The standard InChI is InChI=1S/C12H20N2O2S/c1-2-13-6-12-14-10(9-17-12)7-15-8-11-4-3-5-16-11/h9,11,13H,2-8H2,1H3. The van der Waals surface area contributed by atoms with Crippen LogP contribution in [-0.4, -0.2) is 30.8 Å². The Labute approximate surface area is 106 Å². The average molecular weight is 256 g/mol. The molecule has 0 saturated carbocycles. The fourth-order valence-electron chi connectivity index (χ4n) is 1.80. The molecule has 1 N–H and O–H groups in total. The minimum absolute atomic E-state index is 0.301. The predicted octanol–water partition coefficient (Wildman–Crippen LogP) is 1.95. The summed E-state index contributed by atoms with van der Waals surface area (Å²) >= 11 is 1.69. The van der Waals surface area contributed by atoms with Gasteiger partial charge in [0, 0.05) is 18.5 Å². The quantitative estimate of drug-likeness (QED) is 0.810. The third kappa shape index (κ3) is 4.35. The highest BCUT2D eigenvalue weighted by molar-refractivity contribution is 7.09. The molecule has 1 aliphatic rings. The van der Waals surface area contributed by atoms with E-state index in [9.17, 15) is 0 Å². The van der Waals surface area contributed by atoms with Gasteiger partial charge in [0.05, 0.1) is 25.0 Å². The van der Waals surface area contributed by atoms with Gasteiger partial charge in [0.2, 0.25) is 0 Å². The minimum Gasteiger partial charge on any atom is -0.376 e. The molecule has 0 radical (unpaired) electrons. The van der Waals surface area contributed by atoms with Gasteiger partial charge in [-0.2, -0.15) is 0 Å². The molecule has 96 valence electrons. The van der Waals surface area contributed by atoms with E-state index in [0.717, 1.165) is 43.2 Å². The Kier molecular flexibility index (Phi) is 5.38. The number of nitrogens with zero attached hydrogens (tertiary/aromatic N) is 1. The van der Waals surface area contributed by atoms with Crippen molar-refractivity contribution in [2.45, 2.75) is 39.0 Å². The lowest BCUT2D eigenvalue weighted by molar-refractivity contribution is 0.00975. The van der Waals surface area contributed by atoms with Gasteiger partial charge in [0.1, 0.15) is 5.01 Å². The summed E-state index contributed by atoms with van der Waals surface area (Å²) < 4.78 is 11.1. The molecular weight excluding hydrogens is 236 g/mol. The highest BCUT2D eigenvalue weighted by atomic mass is 32.1. The van der Waals surface area contributed by atoms with Crippen molar-refractivity contribution in [2.75, 3.05) is 19.8 Å². The maximum absolute atomic E-state index is 5.62. The van der Waals surface area contributed by atoms with E-state index in [4.69, 9.17) is 9.47 Å². The first kappa shape index (κ1) is 13.0. The van der Waals surface area contributed by atoms with E-state index in [1.165, 1.54) is 0 Å². The summed E-state index contributed by atoms with van der Waals surface area (Å²) in [6, 6.07) is 0. The summed E-state index contributed by atoms with van der Waals surface area (Å²) in [6.07, 6.45) is 2.59. The molecule has 1 atom stereocenters. The van der Waals surface area contributed by atoms with Crippen LogP contribution in [0, 0.1) is 0 Å². The first-order valence-corrected chi connectivity index (χ1v) is 7.09. The molecule has 5 heteroatoms. The molecule has 1 aromatic rings. The van der Waals surface area contributed by atoms with Gasteiger partial charge in [-0.1, -0.05) is 6.92 Å². The van der Waals surface area contributed by atoms with E-state index >= 15 is 0 Å². The summed E-state index contributed by atoms with van der Waals surface area (Å²) in [4.78, 5) is 4.50. The van der Waals surface area contributed by atoms with Crippen LogP contribution in [0.4, 0.5) is 0 Å². The van der Waals surface area contributed by atoms with E-state index in [0.29, 0.717) is 19.3 Å². The number of hydrogen-bond acceptors (Lipinski definition) is 5. The molecule has 1 aromatic heterocycles. The third-order valence-electron chi connectivity index (χ3n) is 2.70. The van der Waals surface area contributed by atoms with Gasteiger partial charge in [-0.25, -0.2) is 4.98 Å². The number of thiazole rings is 1. The summed E-state index contributed by atoms with van der Waals surface area (Å²) in [6.45, 7) is 6.11. The van der Waals surface area contributed by atoms with Crippen molar-refractivity contribution in [2.24, 2.45) is 0 Å². The van der Waals surface area contributed by atoms with Crippen molar-refractivity contribution in [3.8, 4) is 0 Å². The van der Waals surface area contributed by atoms with Crippen molar-refractivity contribution >= 4 is 11.3 Å². The SMILES string of the molecule is CCNCc1nc(COCC2CCCO2)cs1. The summed E-state index contributed by atoms with van der Waals surface area (Å²) in [5.74, 6) is 0. The number of hydrogen-bond donors (Lipinski definition) is 1. The van der Waals surface area contributed by atoms with E-state index in [1.54, 1.807) is 11.3 Å². The van der Waals surface area contributed by atoms with Crippen LogP contribution in [0.3, 0.4) is 0 Å². The Morgan fingerprint density at radius 3 is 3.35 bits per heavy atom. The Balaban J connectivity index is 1.65. The molecule has 2 heterocycles. The topological polar surface area (TPSA) is 43.4 Å². The molecule has 0 aromatic carbocycles. The molecule has 2 rings (SSSR count). The predicted molar refractivity (Wildman–Crippen MR) is 68.1 cm³/mol. The molecule has 17 heavy (non-hydrogen) atoms. The van der Waals surface area contributed by atoms with Crippen molar-refractivity contribution in [1.82, 2.24) is 10.3 Å². The average Bonchev–Trinajstić information content (AvgIpc) is 2.98. The second-order valence-corrected chi connectivity index (χ2v) is 5.11. The molecule has 0 amide bonds. The van der Waals surface area contributed by atoms with E-state index in [1.807, 2.05) is 0 Å². The Morgan fingerprint density at radius 2 is 2.59 bits per heavy atom. The normalized spacial score (nSPS) is 19.9. The van der Waals surface area contributed by atoms with Crippen LogP contribution in [0.1, 0.15) is 30.5 Å². The van der Waals surface area contributed by atoms with Gasteiger partial charge in [-0.05, 0) is 19.4 Å². The van der Waals surface area contributed by atoms with Crippen molar-refractivity contribution in [3.63, 3.8) is 0 Å². The third-order valence-corrected chi connectivity index (χ3v) is 3.60. The molecule has 4 nitrogen and oxygen atoms in total. The summed E-state index contributed by atoms with van der Waals surface area (Å²) in [5, 5.41) is 6.46. The largest absolute Gasteiger partial charge is 0.376 e. The van der Waals surface area contributed by atoms with Gasteiger partial charge < -0.3 is 14.8 Å². The molecular formula is C12H20N2O2S. The van der Waals surface area contributed by atoms with Gasteiger partial charge >= 0.3 is 0 Å². The van der Waals surface area contributed by atoms with Crippen molar-refractivity contribution in [1.29, 1.82) is 0 Å². The second kappa shape index (κ2) is 7.06. The van der Waals surface area contributed by atoms with Crippen LogP contribution in [0.15, 0.2) is 5.38 Å². The smallest absolute Gasteiger partial charge is 0.107 e. The Morgan fingerprint density at radius 1 is 1.65 bits per heavy atom. The first-order chi connectivity index (χ1) is 8.38. The van der Waals surface area contributed by atoms with Gasteiger partial charge in [-0.3, -0.25) is 0 Å². The molecule has 0 aliphatic carbocycles. The van der Waals surface area contributed by atoms with E-state index in [-0.39, 0.29) is 0 Å². The molecule has 0 bridgehead atoms. The monoisotopic (exact) mass is 256 g/mol. The lowest BCUT2D eigenvalue weighted by atomic mass is 10.2. The number of ether oxygens (including phenoxy) is 2. The number of nitrogens with one attached hydrogen (secondary N) is 1. The first-order valence-electron chi connectivity index (χ1n) is 6.22. The van der Waals surface area contributed by atoms with Gasteiger partial charge in [0.25, 0.3) is 0 Å². The van der Waals surface area contributed by atoms with Gasteiger partial charge in [-0.15, -0.1) is 11.3 Å². The van der Waals surface area contributed by atoms with Crippen molar-refractivity contribution < 1.29 is 9.47 Å². The van der Waals surface area contributed by atoms with Crippen LogP contribution in [0.2, 0.25) is 0 Å². The summed E-state index contributed by atoms with van der Waals surface area (Å²) in [7, 11) is 0. The lowest BCUT2D eigenvalue weighted by Crippen LogP contribution is -2.14. The van der Waals surface area contributed by atoms with Crippen LogP contribution in [0.25, 0.3) is 0 Å². The lowest BCUT2D eigenvalue weighted by Gasteiger charge is -2.08. The Bertz CT molecular complexity index is 324. The number of aromatic nitrogens is 1. The number of rotatable bonds is 7. The fraction of sp³-hybridized carbons (Fsp3) is 0.750. The maximum atomic E-state index is 5.62. The molecule has 0 spiro atoms. The van der Waals surface area contributed by atoms with E-state index < -0.39 is 0 Å². The zero-order valence-electron chi connectivity index (χ0n) is 10.3. The summed E-state index contributed by atoms with van der Waals surface area (Å²) in [5.41, 5.74) is 1.03. The molecule has 1 saturated heterocycles. The zero-order valence-corrected chi connectivity index (χ0v) is 11.1. The van der Waals surface area contributed by atoms with Crippen molar-refractivity contribution in [3.05, 3.63) is 16.1 Å².